The second-order valence-corrected chi connectivity index (χ2v) is 7.83. The van der Waals surface area contributed by atoms with E-state index in [0.717, 1.165) is 0 Å². The lowest BCUT2D eigenvalue weighted by molar-refractivity contribution is 0.0934. The van der Waals surface area contributed by atoms with Crippen LogP contribution in [0, 0.1) is 0 Å². The molecule has 0 radical (unpaired) electrons. The highest BCUT2D eigenvalue weighted by atomic mass is 35.5. The van der Waals surface area contributed by atoms with Crippen molar-refractivity contribution in [3.63, 3.8) is 0 Å². The summed E-state index contributed by atoms with van der Waals surface area (Å²) < 4.78 is 31.5. The summed E-state index contributed by atoms with van der Waals surface area (Å²) in [5.74, 6) is 0. The first kappa shape index (κ1) is 18.6. The molecule has 1 aliphatic heterocycles. The van der Waals surface area contributed by atoms with E-state index in [1.54, 1.807) is 6.92 Å². The van der Waals surface area contributed by atoms with E-state index in [2.05, 4.69) is 0 Å². The first-order valence-corrected chi connectivity index (χ1v) is 9.41. The summed E-state index contributed by atoms with van der Waals surface area (Å²) in [6.07, 6.45) is -0.447. The van der Waals surface area contributed by atoms with Crippen LogP contribution >= 0.6 is 34.8 Å². The lowest BCUT2D eigenvalue weighted by Gasteiger charge is -2.33. The predicted molar refractivity (Wildman–Crippen MR) is 88.8 cm³/mol. The molecule has 0 atom stereocenters. The van der Waals surface area contributed by atoms with Crippen molar-refractivity contribution in [2.75, 3.05) is 32.8 Å². The van der Waals surface area contributed by atoms with Gasteiger partial charge >= 0.3 is 6.09 Å². The third-order valence-corrected chi connectivity index (χ3v) is 6.73. The molecule has 1 amide bonds. The van der Waals surface area contributed by atoms with Gasteiger partial charge in [0.15, 0.2) is 0 Å². The molecule has 23 heavy (non-hydrogen) atoms. The van der Waals surface area contributed by atoms with Crippen molar-refractivity contribution in [3.8, 4) is 0 Å². The topological polar surface area (TPSA) is 66.9 Å². The Labute approximate surface area is 149 Å². The second kappa shape index (κ2) is 7.44. The molecule has 0 bridgehead atoms. The molecule has 0 aliphatic carbocycles. The Hall–Kier alpha value is -0.730. The Bertz CT molecular complexity index is 703. The minimum atomic E-state index is -3.81. The van der Waals surface area contributed by atoms with Crippen LogP contribution in [0.25, 0.3) is 0 Å². The Kier molecular flexibility index (Phi) is 6.02. The molecule has 0 saturated carbocycles. The van der Waals surface area contributed by atoms with Crippen LogP contribution in [-0.2, 0) is 14.8 Å². The van der Waals surface area contributed by atoms with Crippen LogP contribution in [0.5, 0.6) is 0 Å². The third-order valence-electron chi connectivity index (χ3n) is 3.38. The van der Waals surface area contributed by atoms with Gasteiger partial charge in [0.05, 0.1) is 21.7 Å². The summed E-state index contributed by atoms with van der Waals surface area (Å²) in [6.45, 7) is 2.78. The molecule has 0 unspecified atom stereocenters. The van der Waals surface area contributed by atoms with Gasteiger partial charge in [0.2, 0.25) is 10.0 Å². The van der Waals surface area contributed by atoms with Crippen molar-refractivity contribution in [1.29, 1.82) is 0 Å². The number of rotatable bonds is 3. The normalized spacial score (nSPS) is 16.4. The average molecular weight is 402 g/mol. The number of benzene rings is 1. The number of hydrogen-bond donors (Lipinski definition) is 0. The SMILES string of the molecule is CCOC(=O)N1CCN(S(=O)(=O)c2ccc(Cl)c(Cl)c2Cl)CC1. The fourth-order valence-electron chi connectivity index (χ4n) is 2.17. The van der Waals surface area contributed by atoms with Crippen molar-refractivity contribution in [3.05, 3.63) is 27.2 Å². The largest absolute Gasteiger partial charge is 0.450 e. The minimum absolute atomic E-state index is 0.000400. The van der Waals surface area contributed by atoms with Gasteiger partial charge in [-0.15, -0.1) is 0 Å². The van der Waals surface area contributed by atoms with Crippen molar-refractivity contribution >= 4 is 50.9 Å². The smallest absolute Gasteiger partial charge is 0.409 e. The van der Waals surface area contributed by atoms with Gasteiger partial charge in [-0.2, -0.15) is 4.31 Å². The molecular formula is C13H15Cl3N2O4S. The molecule has 1 aromatic rings. The van der Waals surface area contributed by atoms with Crippen LogP contribution in [0.4, 0.5) is 4.79 Å². The Morgan fingerprint density at radius 1 is 1.13 bits per heavy atom. The van der Waals surface area contributed by atoms with Gasteiger partial charge in [-0.1, -0.05) is 34.8 Å². The standard InChI is InChI=1S/C13H15Cl3N2O4S/c1-2-22-13(19)17-5-7-18(8-6-17)23(20,21)10-4-3-9(14)11(15)12(10)16/h3-4H,2,5-8H2,1H3. The molecule has 128 valence electrons. The number of nitrogens with zero attached hydrogens (tertiary/aromatic N) is 2. The molecule has 0 aromatic heterocycles. The van der Waals surface area contributed by atoms with Gasteiger partial charge in [0, 0.05) is 26.2 Å². The lowest BCUT2D eigenvalue weighted by Crippen LogP contribution is -2.50. The molecule has 0 N–H and O–H groups in total. The molecule has 2 rings (SSSR count). The molecule has 10 heteroatoms. The summed E-state index contributed by atoms with van der Waals surface area (Å²) >= 11 is 17.7. The highest BCUT2D eigenvalue weighted by Crippen LogP contribution is 2.36. The molecule has 1 fully saturated rings. The Morgan fingerprint density at radius 3 is 2.30 bits per heavy atom. The van der Waals surface area contributed by atoms with Crippen molar-refractivity contribution in [2.45, 2.75) is 11.8 Å². The fourth-order valence-corrected chi connectivity index (χ4v) is 4.55. The fraction of sp³-hybridized carbons (Fsp3) is 0.462. The number of ether oxygens (including phenoxy) is 1. The zero-order valence-electron chi connectivity index (χ0n) is 12.3. The molecule has 0 spiro atoms. The summed E-state index contributed by atoms with van der Waals surface area (Å²) in [6, 6.07) is 2.71. The Balaban J connectivity index is 2.17. The predicted octanol–water partition coefficient (Wildman–Crippen LogP) is 3.11. The van der Waals surface area contributed by atoms with E-state index >= 15 is 0 Å². The van der Waals surface area contributed by atoms with Crippen LogP contribution in [-0.4, -0.2) is 56.5 Å². The summed E-state index contributed by atoms with van der Waals surface area (Å²) in [7, 11) is -3.81. The maximum atomic E-state index is 12.7. The number of carbonyl (C=O) groups excluding carboxylic acids is 1. The number of sulfonamides is 1. The van der Waals surface area contributed by atoms with Gasteiger partial charge in [-0.3, -0.25) is 0 Å². The number of amides is 1. The van der Waals surface area contributed by atoms with Crippen molar-refractivity contribution in [2.24, 2.45) is 0 Å². The maximum absolute atomic E-state index is 12.7. The van der Waals surface area contributed by atoms with Crippen LogP contribution in [0.15, 0.2) is 17.0 Å². The molecule has 6 nitrogen and oxygen atoms in total. The van der Waals surface area contributed by atoms with Crippen molar-refractivity contribution < 1.29 is 17.9 Å². The Morgan fingerprint density at radius 2 is 1.74 bits per heavy atom. The first-order chi connectivity index (χ1) is 10.8. The summed E-state index contributed by atoms with van der Waals surface area (Å²) in [5.41, 5.74) is 0. The van der Waals surface area contributed by atoms with E-state index in [1.807, 2.05) is 0 Å². The van der Waals surface area contributed by atoms with Gasteiger partial charge in [-0.05, 0) is 19.1 Å². The van der Waals surface area contributed by atoms with Gasteiger partial charge in [0.25, 0.3) is 0 Å². The first-order valence-electron chi connectivity index (χ1n) is 6.84. The van der Waals surface area contributed by atoms with Crippen LogP contribution in [0.1, 0.15) is 6.92 Å². The van der Waals surface area contributed by atoms with Gasteiger partial charge in [-0.25, -0.2) is 13.2 Å². The van der Waals surface area contributed by atoms with E-state index in [1.165, 1.54) is 21.3 Å². The molecular weight excluding hydrogens is 387 g/mol. The van der Waals surface area contributed by atoms with Crippen LogP contribution in [0.2, 0.25) is 15.1 Å². The maximum Gasteiger partial charge on any atom is 0.409 e. The van der Waals surface area contributed by atoms with Crippen LogP contribution < -0.4 is 0 Å². The number of hydrogen-bond acceptors (Lipinski definition) is 4. The van der Waals surface area contributed by atoms with Crippen molar-refractivity contribution in [1.82, 2.24) is 9.21 Å². The second-order valence-electron chi connectivity index (χ2n) is 4.76. The van der Waals surface area contributed by atoms with Crippen LogP contribution in [0.3, 0.4) is 0 Å². The highest BCUT2D eigenvalue weighted by molar-refractivity contribution is 7.89. The van der Waals surface area contributed by atoms with E-state index in [-0.39, 0.29) is 52.7 Å². The average Bonchev–Trinajstić information content (AvgIpc) is 2.53. The minimum Gasteiger partial charge on any atom is -0.450 e. The third kappa shape index (κ3) is 3.85. The van der Waals surface area contributed by atoms with Gasteiger partial charge in [0.1, 0.15) is 4.90 Å². The lowest BCUT2D eigenvalue weighted by atomic mass is 10.4. The number of halogens is 3. The summed E-state index contributed by atoms with van der Waals surface area (Å²) in [4.78, 5) is 13.0. The number of carbonyl (C=O) groups is 1. The highest BCUT2D eigenvalue weighted by Gasteiger charge is 2.32. The van der Waals surface area contributed by atoms with E-state index in [9.17, 15) is 13.2 Å². The zero-order chi connectivity index (χ0) is 17.2. The van der Waals surface area contributed by atoms with E-state index < -0.39 is 16.1 Å². The number of piperazine rings is 1. The monoisotopic (exact) mass is 400 g/mol. The van der Waals surface area contributed by atoms with Gasteiger partial charge < -0.3 is 9.64 Å². The van der Waals surface area contributed by atoms with E-state index in [0.29, 0.717) is 0 Å². The molecule has 1 saturated heterocycles. The van der Waals surface area contributed by atoms with E-state index in [4.69, 9.17) is 39.5 Å². The molecule has 1 aromatic carbocycles. The zero-order valence-corrected chi connectivity index (χ0v) is 15.3. The molecule has 1 aliphatic rings. The summed E-state index contributed by atoms with van der Waals surface area (Å²) in [5, 5.41) is 0.0781. The quantitative estimate of drug-likeness (QED) is 0.730. The molecule has 1 heterocycles.